The summed E-state index contributed by atoms with van der Waals surface area (Å²) in [5.74, 6) is 0.869. The smallest absolute Gasteiger partial charge is 0.178 e. The van der Waals surface area contributed by atoms with Gasteiger partial charge in [0.2, 0.25) is 0 Å². The first-order chi connectivity index (χ1) is 10.3. The van der Waals surface area contributed by atoms with Gasteiger partial charge in [0.05, 0.1) is 17.1 Å². The van der Waals surface area contributed by atoms with Crippen molar-refractivity contribution in [3.8, 4) is 5.75 Å². The second-order valence-electron chi connectivity index (χ2n) is 4.76. The van der Waals surface area contributed by atoms with E-state index in [1.165, 1.54) is 0 Å². The molecule has 0 aliphatic heterocycles. The standard InChI is InChI=1S/C15H17N3OS2/c1-2-9-19-12-5-3-4-11-14(12)17-15(20)18(11)8-6-13-16-7-10-21-13/h3-5,7,10H,2,6,8-9H2,1H3,(H,17,20). The molecule has 4 nitrogen and oxygen atoms in total. The number of nitrogens with one attached hydrogen (secondary N) is 1. The minimum atomic E-state index is 0.712. The monoisotopic (exact) mass is 319 g/mol. The predicted molar refractivity (Wildman–Crippen MR) is 88.7 cm³/mol. The molecule has 110 valence electrons. The number of hydrogen-bond donors (Lipinski definition) is 1. The average Bonchev–Trinajstić information content (AvgIpc) is 3.10. The molecule has 3 rings (SSSR count). The molecule has 0 unspecified atom stereocenters. The second kappa shape index (κ2) is 6.41. The van der Waals surface area contributed by atoms with Crippen LogP contribution >= 0.6 is 23.6 Å². The highest BCUT2D eigenvalue weighted by Gasteiger charge is 2.09. The van der Waals surface area contributed by atoms with E-state index in [9.17, 15) is 0 Å². The maximum Gasteiger partial charge on any atom is 0.178 e. The van der Waals surface area contributed by atoms with Gasteiger partial charge in [-0.05, 0) is 30.8 Å². The number of thiazole rings is 1. The lowest BCUT2D eigenvalue weighted by molar-refractivity contribution is 0.320. The molecule has 3 aromatic rings. The van der Waals surface area contributed by atoms with Crippen LogP contribution in [0.4, 0.5) is 0 Å². The van der Waals surface area contributed by atoms with Crippen LogP contribution in [0.1, 0.15) is 18.4 Å². The van der Waals surface area contributed by atoms with Crippen molar-refractivity contribution in [3.05, 3.63) is 39.6 Å². The number of para-hydroxylation sites is 1. The van der Waals surface area contributed by atoms with E-state index in [2.05, 4.69) is 27.5 Å². The Balaban J connectivity index is 1.91. The van der Waals surface area contributed by atoms with Crippen LogP contribution in [0.3, 0.4) is 0 Å². The van der Waals surface area contributed by atoms with Gasteiger partial charge in [0, 0.05) is 24.5 Å². The fourth-order valence-corrected chi connectivity index (χ4v) is 3.19. The molecule has 0 bridgehead atoms. The lowest BCUT2D eigenvalue weighted by atomic mass is 10.3. The van der Waals surface area contributed by atoms with Crippen LogP contribution in [0.25, 0.3) is 11.0 Å². The van der Waals surface area contributed by atoms with Gasteiger partial charge < -0.3 is 14.3 Å². The number of H-pyrrole nitrogens is 1. The largest absolute Gasteiger partial charge is 0.491 e. The van der Waals surface area contributed by atoms with Crippen molar-refractivity contribution in [2.24, 2.45) is 0 Å². The number of hydrogen-bond acceptors (Lipinski definition) is 4. The van der Waals surface area contributed by atoms with Crippen LogP contribution in [-0.4, -0.2) is 21.1 Å². The third-order valence-electron chi connectivity index (χ3n) is 3.27. The number of benzene rings is 1. The zero-order valence-corrected chi connectivity index (χ0v) is 13.5. The molecule has 1 N–H and O–H groups in total. The summed E-state index contributed by atoms with van der Waals surface area (Å²) in [6.07, 6.45) is 3.71. The van der Waals surface area contributed by atoms with Crippen molar-refractivity contribution in [1.82, 2.24) is 14.5 Å². The quantitative estimate of drug-likeness (QED) is 0.693. The van der Waals surface area contributed by atoms with E-state index in [-0.39, 0.29) is 0 Å². The number of nitrogens with zero attached hydrogens (tertiary/aromatic N) is 2. The summed E-state index contributed by atoms with van der Waals surface area (Å²) in [6, 6.07) is 6.06. The maximum absolute atomic E-state index is 5.79. The molecular weight excluding hydrogens is 302 g/mol. The predicted octanol–water partition coefficient (Wildman–Crippen LogP) is 4.19. The molecule has 0 atom stereocenters. The molecule has 1 aromatic carbocycles. The highest BCUT2D eigenvalue weighted by Crippen LogP contribution is 2.25. The van der Waals surface area contributed by atoms with Gasteiger partial charge in [-0.1, -0.05) is 13.0 Å². The fraction of sp³-hybridized carbons (Fsp3) is 0.333. The highest BCUT2D eigenvalue weighted by atomic mass is 32.1. The number of fused-ring (bicyclic) bond motifs is 1. The molecule has 0 fully saturated rings. The number of imidazole rings is 1. The van der Waals surface area contributed by atoms with Gasteiger partial charge in [-0.2, -0.15) is 0 Å². The molecule has 0 radical (unpaired) electrons. The first-order valence-corrected chi connectivity index (χ1v) is 8.31. The van der Waals surface area contributed by atoms with E-state index in [0.717, 1.165) is 45.9 Å². The summed E-state index contributed by atoms with van der Waals surface area (Å²) in [5.41, 5.74) is 2.07. The van der Waals surface area contributed by atoms with Crippen molar-refractivity contribution in [2.75, 3.05) is 6.61 Å². The Morgan fingerprint density at radius 1 is 1.43 bits per heavy atom. The lowest BCUT2D eigenvalue weighted by Crippen LogP contribution is -2.01. The van der Waals surface area contributed by atoms with Gasteiger partial charge in [-0.3, -0.25) is 0 Å². The summed E-state index contributed by atoms with van der Waals surface area (Å²) in [4.78, 5) is 7.59. The minimum absolute atomic E-state index is 0.712. The first-order valence-electron chi connectivity index (χ1n) is 7.02. The van der Waals surface area contributed by atoms with E-state index in [0.29, 0.717) is 6.61 Å². The third-order valence-corrected chi connectivity index (χ3v) is 4.43. The molecule has 0 spiro atoms. The molecule has 0 saturated carbocycles. The Bertz CT molecular complexity index is 774. The normalized spacial score (nSPS) is 11.1. The summed E-state index contributed by atoms with van der Waals surface area (Å²) in [5, 5.41) is 3.13. The van der Waals surface area contributed by atoms with E-state index >= 15 is 0 Å². The number of rotatable bonds is 6. The van der Waals surface area contributed by atoms with Gasteiger partial charge >= 0.3 is 0 Å². The van der Waals surface area contributed by atoms with Crippen LogP contribution in [0.5, 0.6) is 5.75 Å². The molecule has 2 aromatic heterocycles. The van der Waals surface area contributed by atoms with Gasteiger partial charge in [0.25, 0.3) is 0 Å². The molecule has 2 heterocycles. The molecule has 21 heavy (non-hydrogen) atoms. The molecular formula is C15H17N3OS2. The van der Waals surface area contributed by atoms with Gasteiger partial charge in [0.15, 0.2) is 4.77 Å². The number of aromatic nitrogens is 3. The van der Waals surface area contributed by atoms with Crippen molar-refractivity contribution in [1.29, 1.82) is 0 Å². The van der Waals surface area contributed by atoms with Crippen molar-refractivity contribution in [2.45, 2.75) is 26.3 Å². The molecule has 6 heteroatoms. The Morgan fingerprint density at radius 2 is 2.33 bits per heavy atom. The molecule has 0 saturated heterocycles. The van der Waals surface area contributed by atoms with E-state index in [4.69, 9.17) is 17.0 Å². The first kappa shape index (κ1) is 14.3. The summed E-state index contributed by atoms with van der Waals surface area (Å²) >= 11 is 7.13. The van der Waals surface area contributed by atoms with Crippen LogP contribution in [-0.2, 0) is 13.0 Å². The summed E-state index contributed by atoms with van der Waals surface area (Å²) < 4.78 is 8.63. The Kier molecular flexibility index (Phi) is 4.36. The summed E-state index contributed by atoms with van der Waals surface area (Å²) in [7, 11) is 0. The highest BCUT2D eigenvalue weighted by molar-refractivity contribution is 7.71. The number of ether oxygens (including phenoxy) is 1. The third kappa shape index (κ3) is 3.01. The Morgan fingerprint density at radius 3 is 3.10 bits per heavy atom. The van der Waals surface area contributed by atoms with Crippen molar-refractivity contribution >= 4 is 34.6 Å². The zero-order valence-electron chi connectivity index (χ0n) is 11.8. The van der Waals surface area contributed by atoms with Gasteiger partial charge in [-0.15, -0.1) is 11.3 Å². The van der Waals surface area contributed by atoms with E-state index < -0.39 is 0 Å². The Hall–Kier alpha value is -1.66. The van der Waals surface area contributed by atoms with Crippen LogP contribution < -0.4 is 4.74 Å². The van der Waals surface area contributed by atoms with E-state index in [1.807, 2.05) is 23.7 Å². The molecule has 0 aliphatic carbocycles. The molecule has 0 aliphatic rings. The lowest BCUT2D eigenvalue weighted by Gasteiger charge is -2.06. The zero-order chi connectivity index (χ0) is 14.7. The number of aryl methyl sites for hydroxylation is 2. The summed E-state index contributed by atoms with van der Waals surface area (Å²) in [6.45, 7) is 3.63. The SMILES string of the molecule is CCCOc1cccc2c1[nH]c(=S)n2CCc1nccs1. The van der Waals surface area contributed by atoms with Gasteiger partial charge in [-0.25, -0.2) is 4.98 Å². The topological polar surface area (TPSA) is 42.8 Å². The van der Waals surface area contributed by atoms with Crippen molar-refractivity contribution < 1.29 is 4.74 Å². The van der Waals surface area contributed by atoms with Crippen LogP contribution in [0.15, 0.2) is 29.8 Å². The number of aromatic amines is 1. The van der Waals surface area contributed by atoms with Crippen LogP contribution in [0, 0.1) is 4.77 Å². The van der Waals surface area contributed by atoms with E-state index in [1.54, 1.807) is 11.3 Å². The maximum atomic E-state index is 5.79. The molecule has 0 amide bonds. The fourth-order valence-electron chi connectivity index (χ4n) is 2.29. The van der Waals surface area contributed by atoms with Crippen molar-refractivity contribution in [3.63, 3.8) is 0 Å². The van der Waals surface area contributed by atoms with Crippen LogP contribution in [0.2, 0.25) is 0 Å². The van der Waals surface area contributed by atoms with Gasteiger partial charge in [0.1, 0.15) is 11.3 Å². The Labute approximate surface area is 132 Å². The average molecular weight is 319 g/mol. The second-order valence-corrected chi connectivity index (χ2v) is 6.12. The minimum Gasteiger partial charge on any atom is -0.491 e.